The normalized spacial score (nSPS) is 11.7. The number of carbonyl (C=O) groups excluding carboxylic acids is 2. The van der Waals surface area contributed by atoms with E-state index in [4.69, 9.17) is 11.6 Å². The van der Waals surface area contributed by atoms with Crippen molar-refractivity contribution in [3.63, 3.8) is 0 Å². The fourth-order valence-corrected chi connectivity index (χ4v) is 2.10. The van der Waals surface area contributed by atoms with Crippen molar-refractivity contribution in [1.82, 2.24) is 5.32 Å². The molecule has 1 amide bonds. The number of carbonyl (C=O) groups is 2. The summed E-state index contributed by atoms with van der Waals surface area (Å²) in [4.78, 5) is 24.0. The van der Waals surface area contributed by atoms with Gasteiger partial charge in [0.05, 0.1) is 0 Å². The van der Waals surface area contributed by atoms with E-state index in [-0.39, 0.29) is 11.7 Å². The number of ketones is 1. The first-order valence-corrected chi connectivity index (χ1v) is 7.10. The van der Waals surface area contributed by atoms with Gasteiger partial charge in [0, 0.05) is 15.6 Å². The predicted octanol–water partition coefficient (Wildman–Crippen LogP) is 3.63. The molecule has 0 aliphatic heterocycles. The molecule has 0 fully saturated rings. The molecular formula is C15H11BrClNO2. The Balaban J connectivity index is 2.04. The van der Waals surface area contributed by atoms with Crippen molar-refractivity contribution >= 4 is 39.2 Å². The van der Waals surface area contributed by atoms with E-state index in [2.05, 4.69) is 21.2 Å². The quantitative estimate of drug-likeness (QED) is 0.519. The fraction of sp³-hybridized carbons (Fsp3) is 0.0667. The molecule has 1 N–H and O–H groups in total. The van der Waals surface area contributed by atoms with Gasteiger partial charge in [-0.15, -0.1) is 0 Å². The molecule has 5 heteroatoms. The minimum absolute atomic E-state index is 0.335. The van der Waals surface area contributed by atoms with E-state index in [0.717, 1.165) is 4.47 Å². The lowest BCUT2D eigenvalue weighted by Gasteiger charge is -2.11. The van der Waals surface area contributed by atoms with E-state index < -0.39 is 5.50 Å². The van der Waals surface area contributed by atoms with Crippen LogP contribution in [0.15, 0.2) is 59.1 Å². The SMILES string of the molecule is O=C(NC(Cl)C(=O)c1ccccc1)c1ccc(Br)cc1. The van der Waals surface area contributed by atoms with Gasteiger partial charge in [-0.25, -0.2) is 0 Å². The van der Waals surface area contributed by atoms with Crippen LogP contribution in [0.25, 0.3) is 0 Å². The molecule has 2 rings (SSSR count). The summed E-state index contributed by atoms with van der Waals surface area (Å²) in [5, 5.41) is 2.48. The van der Waals surface area contributed by atoms with Crippen molar-refractivity contribution in [2.45, 2.75) is 5.50 Å². The summed E-state index contributed by atoms with van der Waals surface area (Å²) in [7, 11) is 0. The first-order valence-electron chi connectivity index (χ1n) is 5.87. The zero-order valence-corrected chi connectivity index (χ0v) is 12.7. The maximum Gasteiger partial charge on any atom is 0.252 e. The second-order valence-corrected chi connectivity index (χ2v) is 5.43. The zero-order valence-electron chi connectivity index (χ0n) is 10.3. The van der Waals surface area contributed by atoms with Crippen molar-refractivity contribution < 1.29 is 9.59 Å². The third kappa shape index (κ3) is 3.68. The first-order chi connectivity index (χ1) is 9.58. The Hall–Kier alpha value is -1.65. The van der Waals surface area contributed by atoms with Crippen molar-refractivity contribution in [2.24, 2.45) is 0 Å². The molecule has 0 heterocycles. The van der Waals surface area contributed by atoms with Gasteiger partial charge in [-0.2, -0.15) is 0 Å². The molecular weight excluding hydrogens is 342 g/mol. The molecule has 0 spiro atoms. The topological polar surface area (TPSA) is 46.2 Å². The molecule has 0 aromatic heterocycles. The lowest BCUT2D eigenvalue weighted by Crippen LogP contribution is -2.36. The van der Waals surface area contributed by atoms with Gasteiger partial charge in [-0.3, -0.25) is 9.59 Å². The molecule has 20 heavy (non-hydrogen) atoms. The van der Waals surface area contributed by atoms with Gasteiger partial charge in [-0.05, 0) is 24.3 Å². The molecule has 0 saturated heterocycles. The summed E-state index contributed by atoms with van der Waals surface area (Å²) in [6.45, 7) is 0. The van der Waals surface area contributed by atoms with Gasteiger partial charge < -0.3 is 5.32 Å². The summed E-state index contributed by atoms with van der Waals surface area (Å²) in [5.74, 6) is -0.723. The molecule has 2 aromatic carbocycles. The van der Waals surface area contributed by atoms with Crippen LogP contribution in [0.1, 0.15) is 20.7 Å². The molecule has 1 unspecified atom stereocenters. The Morgan fingerprint density at radius 3 is 2.15 bits per heavy atom. The molecule has 2 aromatic rings. The van der Waals surface area contributed by atoms with Crippen LogP contribution in [0, 0.1) is 0 Å². The Bertz CT molecular complexity index is 614. The highest BCUT2D eigenvalue weighted by molar-refractivity contribution is 9.10. The number of hydrogen-bond donors (Lipinski definition) is 1. The summed E-state index contributed by atoms with van der Waals surface area (Å²) in [6.07, 6.45) is 0. The molecule has 0 saturated carbocycles. The van der Waals surface area contributed by atoms with Gasteiger partial charge >= 0.3 is 0 Å². The van der Waals surface area contributed by atoms with Gasteiger partial charge in [0.25, 0.3) is 5.91 Å². The van der Waals surface area contributed by atoms with E-state index in [0.29, 0.717) is 11.1 Å². The highest BCUT2D eigenvalue weighted by Crippen LogP contribution is 2.12. The summed E-state index contributed by atoms with van der Waals surface area (Å²) < 4.78 is 0.872. The third-order valence-electron chi connectivity index (χ3n) is 2.65. The number of Topliss-reactive ketones (excluding diaryl/α,β-unsaturated/α-hetero) is 1. The van der Waals surface area contributed by atoms with E-state index in [1.165, 1.54) is 0 Å². The van der Waals surface area contributed by atoms with Crippen LogP contribution in [-0.2, 0) is 0 Å². The predicted molar refractivity (Wildman–Crippen MR) is 82.0 cm³/mol. The summed E-state index contributed by atoms with van der Waals surface area (Å²) >= 11 is 9.24. The maximum absolute atomic E-state index is 12.0. The number of halogens is 2. The number of alkyl halides is 1. The molecule has 0 aliphatic carbocycles. The molecule has 0 radical (unpaired) electrons. The Labute approximate surface area is 130 Å². The van der Waals surface area contributed by atoms with Crippen LogP contribution in [0.3, 0.4) is 0 Å². The number of nitrogens with one attached hydrogen (secondary N) is 1. The highest BCUT2D eigenvalue weighted by Gasteiger charge is 2.19. The lowest BCUT2D eigenvalue weighted by molar-refractivity contribution is 0.0889. The number of rotatable bonds is 4. The van der Waals surface area contributed by atoms with E-state index in [1.54, 1.807) is 54.6 Å². The zero-order chi connectivity index (χ0) is 14.5. The third-order valence-corrected chi connectivity index (χ3v) is 3.49. The molecule has 102 valence electrons. The van der Waals surface area contributed by atoms with Gasteiger partial charge in [0.2, 0.25) is 0 Å². The Kier molecular flexibility index (Phi) is 4.93. The van der Waals surface area contributed by atoms with Gasteiger partial charge in [-0.1, -0.05) is 57.9 Å². The standard InChI is InChI=1S/C15H11BrClNO2/c16-12-8-6-11(7-9-12)15(20)18-14(17)13(19)10-4-2-1-3-5-10/h1-9,14H,(H,18,20). The molecule has 0 bridgehead atoms. The second-order valence-electron chi connectivity index (χ2n) is 4.07. The largest absolute Gasteiger partial charge is 0.329 e. The van der Waals surface area contributed by atoms with E-state index >= 15 is 0 Å². The van der Waals surface area contributed by atoms with Crippen molar-refractivity contribution in [1.29, 1.82) is 0 Å². The summed E-state index contributed by atoms with van der Waals surface area (Å²) in [6, 6.07) is 15.4. The van der Waals surface area contributed by atoms with Crippen LogP contribution in [0.2, 0.25) is 0 Å². The van der Waals surface area contributed by atoms with E-state index in [9.17, 15) is 9.59 Å². The number of benzene rings is 2. The molecule has 0 aliphatic rings. The van der Waals surface area contributed by atoms with E-state index in [1.807, 2.05) is 0 Å². The molecule has 3 nitrogen and oxygen atoms in total. The van der Waals surface area contributed by atoms with Gasteiger partial charge in [0.1, 0.15) is 0 Å². The van der Waals surface area contributed by atoms with Crippen molar-refractivity contribution in [2.75, 3.05) is 0 Å². The van der Waals surface area contributed by atoms with Crippen molar-refractivity contribution in [3.8, 4) is 0 Å². The fourth-order valence-electron chi connectivity index (χ4n) is 1.61. The Morgan fingerprint density at radius 1 is 0.950 bits per heavy atom. The van der Waals surface area contributed by atoms with Crippen LogP contribution in [0.5, 0.6) is 0 Å². The van der Waals surface area contributed by atoms with Crippen LogP contribution >= 0.6 is 27.5 Å². The maximum atomic E-state index is 12.0. The first kappa shape index (κ1) is 14.8. The van der Waals surface area contributed by atoms with Crippen LogP contribution < -0.4 is 5.32 Å². The monoisotopic (exact) mass is 351 g/mol. The van der Waals surface area contributed by atoms with Crippen LogP contribution in [-0.4, -0.2) is 17.2 Å². The summed E-state index contributed by atoms with van der Waals surface area (Å²) in [5.41, 5.74) is -0.183. The minimum Gasteiger partial charge on any atom is -0.329 e. The number of amides is 1. The lowest BCUT2D eigenvalue weighted by atomic mass is 10.1. The highest BCUT2D eigenvalue weighted by atomic mass is 79.9. The average molecular weight is 353 g/mol. The minimum atomic E-state index is -1.09. The second kappa shape index (κ2) is 6.68. The number of hydrogen-bond acceptors (Lipinski definition) is 2. The average Bonchev–Trinajstić information content (AvgIpc) is 2.48. The van der Waals surface area contributed by atoms with Crippen LogP contribution in [0.4, 0.5) is 0 Å². The Morgan fingerprint density at radius 2 is 1.55 bits per heavy atom. The molecule has 1 atom stereocenters. The van der Waals surface area contributed by atoms with Crippen molar-refractivity contribution in [3.05, 3.63) is 70.2 Å². The smallest absolute Gasteiger partial charge is 0.252 e. The van der Waals surface area contributed by atoms with Gasteiger partial charge in [0.15, 0.2) is 11.3 Å².